The lowest BCUT2D eigenvalue weighted by Gasteiger charge is -2.57. The van der Waals surface area contributed by atoms with Gasteiger partial charge in [-0.15, -0.1) is 0 Å². The first kappa shape index (κ1) is 23.0. The zero-order valence-corrected chi connectivity index (χ0v) is 20.1. The fraction of sp³-hybridized carbons (Fsp3) is 0.630. The summed E-state index contributed by atoms with van der Waals surface area (Å²) in [5, 5.41) is 0. The molecule has 2 atom stereocenters. The van der Waals surface area contributed by atoms with Gasteiger partial charge in [-0.1, -0.05) is 62.8 Å². The van der Waals surface area contributed by atoms with Gasteiger partial charge in [-0.25, -0.2) is 0 Å². The van der Waals surface area contributed by atoms with Crippen LogP contribution < -0.4 is 0 Å². The highest BCUT2D eigenvalue weighted by Crippen LogP contribution is 2.59. The van der Waals surface area contributed by atoms with E-state index in [2.05, 4.69) is 29.7 Å². The molecule has 5 nitrogen and oxygen atoms in total. The fourth-order valence-corrected chi connectivity index (χ4v) is 5.76. The van der Waals surface area contributed by atoms with Crippen molar-refractivity contribution in [1.82, 2.24) is 14.7 Å². The molecule has 4 aliphatic rings. The molecule has 0 aromatic heterocycles. The predicted molar refractivity (Wildman–Crippen MR) is 128 cm³/mol. The second-order valence-corrected chi connectivity index (χ2v) is 10.4. The molecule has 1 saturated carbocycles. The molecule has 1 aromatic carbocycles. The summed E-state index contributed by atoms with van der Waals surface area (Å²) in [6, 6.07) is 9.98. The van der Waals surface area contributed by atoms with E-state index in [1.807, 2.05) is 42.2 Å². The average Bonchev–Trinajstić information content (AvgIpc) is 2.82. The molecule has 0 radical (unpaired) electrons. The van der Waals surface area contributed by atoms with E-state index in [0.717, 1.165) is 57.3 Å². The Balaban J connectivity index is 1.25. The molecule has 2 unspecified atom stereocenters. The van der Waals surface area contributed by atoms with E-state index in [0.29, 0.717) is 24.2 Å². The molecule has 2 fully saturated rings. The van der Waals surface area contributed by atoms with Gasteiger partial charge in [0.05, 0.1) is 6.42 Å². The van der Waals surface area contributed by atoms with Gasteiger partial charge in [-0.3, -0.25) is 14.5 Å². The van der Waals surface area contributed by atoms with E-state index in [1.165, 1.54) is 18.4 Å². The number of hydrogen-bond donors (Lipinski definition) is 0. The SMILES string of the molecule is CCC(=O)N(CCN1CCN(C(=O)Cc2ccccc2)CC1)CC1=CCC2CC1C2(C)C. The van der Waals surface area contributed by atoms with Crippen molar-refractivity contribution in [3.63, 3.8) is 0 Å². The lowest BCUT2D eigenvalue weighted by molar-refractivity contribution is -0.132. The predicted octanol–water partition coefficient (Wildman–Crippen LogP) is 3.60. The Morgan fingerprint density at radius 3 is 2.44 bits per heavy atom. The molecule has 1 aliphatic heterocycles. The van der Waals surface area contributed by atoms with Gasteiger partial charge in [0.15, 0.2) is 0 Å². The zero-order chi connectivity index (χ0) is 22.7. The Morgan fingerprint density at radius 2 is 1.81 bits per heavy atom. The van der Waals surface area contributed by atoms with Crippen molar-refractivity contribution in [1.29, 1.82) is 0 Å². The Bertz CT molecular complexity index is 840. The summed E-state index contributed by atoms with van der Waals surface area (Å²) in [6.45, 7) is 12.5. The van der Waals surface area contributed by atoms with Gasteiger partial charge in [0.2, 0.25) is 11.8 Å². The number of rotatable bonds is 8. The molecule has 1 aromatic rings. The van der Waals surface area contributed by atoms with E-state index >= 15 is 0 Å². The highest BCUT2D eigenvalue weighted by atomic mass is 16.2. The number of piperazine rings is 1. The monoisotopic (exact) mass is 437 g/mol. The highest BCUT2D eigenvalue weighted by molar-refractivity contribution is 5.79. The van der Waals surface area contributed by atoms with Crippen molar-refractivity contribution in [2.75, 3.05) is 45.8 Å². The maximum absolute atomic E-state index is 12.7. The van der Waals surface area contributed by atoms with Gasteiger partial charge in [0.1, 0.15) is 0 Å². The maximum atomic E-state index is 12.7. The van der Waals surface area contributed by atoms with E-state index in [1.54, 1.807) is 0 Å². The number of benzene rings is 1. The van der Waals surface area contributed by atoms with E-state index < -0.39 is 0 Å². The molecular weight excluding hydrogens is 398 g/mol. The van der Waals surface area contributed by atoms with Crippen LogP contribution in [0.2, 0.25) is 0 Å². The van der Waals surface area contributed by atoms with Gasteiger partial charge in [0, 0.05) is 52.2 Å². The van der Waals surface area contributed by atoms with Crippen LogP contribution in [0.4, 0.5) is 0 Å². The second-order valence-electron chi connectivity index (χ2n) is 10.4. The minimum Gasteiger partial charge on any atom is -0.340 e. The molecule has 0 N–H and O–H groups in total. The quantitative estimate of drug-likeness (QED) is 0.584. The molecule has 3 aliphatic carbocycles. The molecule has 2 amide bonds. The van der Waals surface area contributed by atoms with Gasteiger partial charge < -0.3 is 9.80 Å². The van der Waals surface area contributed by atoms with Crippen LogP contribution in [0.1, 0.15) is 45.6 Å². The maximum Gasteiger partial charge on any atom is 0.227 e. The molecule has 5 rings (SSSR count). The van der Waals surface area contributed by atoms with Crippen molar-refractivity contribution < 1.29 is 9.59 Å². The van der Waals surface area contributed by atoms with Crippen molar-refractivity contribution in [2.45, 2.75) is 46.5 Å². The van der Waals surface area contributed by atoms with Crippen molar-refractivity contribution >= 4 is 11.8 Å². The summed E-state index contributed by atoms with van der Waals surface area (Å²) in [5.41, 5.74) is 2.95. The molecule has 32 heavy (non-hydrogen) atoms. The number of hydrogen-bond acceptors (Lipinski definition) is 3. The van der Waals surface area contributed by atoms with Crippen LogP contribution in [0.15, 0.2) is 42.0 Å². The number of allylic oxidation sites excluding steroid dienone is 1. The van der Waals surface area contributed by atoms with E-state index in [4.69, 9.17) is 0 Å². The Kier molecular flexibility index (Phi) is 7.04. The molecule has 174 valence electrons. The lowest BCUT2D eigenvalue weighted by Crippen LogP contribution is -2.52. The summed E-state index contributed by atoms with van der Waals surface area (Å²) >= 11 is 0. The normalized spacial score (nSPS) is 24.5. The van der Waals surface area contributed by atoms with Gasteiger partial charge in [0.25, 0.3) is 0 Å². The zero-order valence-electron chi connectivity index (χ0n) is 20.1. The fourth-order valence-electron chi connectivity index (χ4n) is 5.76. The minimum absolute atomic E-state index is 0.212. The third-order valence-corrected chi connectivity index (χ3v) is 8.22. The summed E-state index contributed by atoms with van der Waals surface area (Å²) in [5.74, 6) is 1.94. The van der Waals surface area contributed by atoms with Crippen molar-refractivity contribution in [2.24, 2.45) is 17.3 Å². The lowest BCUT2D eigenvalue weighted by atomic mass is 9.49. The third-order valence-electron chi connectivity index (χ3n) is 8.22. The first-order chi connectivity index (χ1) is 15.4. The second kappa shape index (κ2) is 9.78. The molecule has 1 heterocycles. The smallest absolute Gasteiger partial charge is 0.227 e. The van der Waals surface area contributed by atoms with Crippen LogP contribution in [0, 0.1) is 17.3 Å². The van der Waals surface area contributed by atoms with E-state index in [-0.39, 0.29) is 11.8 Å². The van der Waals surface area contributed by atoms with Gasteiger partial charge in [-0.2, -0.15) is 0 Å². The Labute approximate surface area is 193 Å². The molecule has 1 saturated heterocycles. The summed E-state index contributed by atoms with van der Waals surface area (Å²) in [6.07, 6.45) is 5.92. The van der Waals surface area contributed by atoms with Crippen LogP contribution in [0.5, 0.6) is 0 Å². The van der Waals surface area contributed by atoms with Crippen LogP contribution in [0.25, 0.3) is 0 Å². The minimum atomic E-state index is 0.212. The van der Waals surface area contributed by atoms with Crippen LogP contribution in [-0.2, 0) is 16.0 Å². The summed E-state index contributed by atoms with van der Waals surface area (Å²) in [4.78, 5) is 31.8. The first-order valence-electron chi connectivity index (χ1n) is 12.4. The van der Waals surface area contributed by atoms with Gasteiger partial charge in [-0.05, 0) is 35.7 Å². The van der Waals surface area contributed by atoms with Crippen molar-refractivity contribution in [3.8, 4) is 0 Å². The first-order valence-corrected chi connectivity index (χ1v) is 12.4. The topological polar surface area (TPSA) is 43.9 Å². The molecular formula is C27H39N3O2. The Morgan fingerprint density at radius 1 is 1.09 bits per heavy atom. The highest BCUT2D eigenvalue weighted by Gasteiger charge is 2.51. The number of carbonyl (C=O) groups excluding carboxylic acids is 2. The number of fused-ring (bicyclic) bond motifs is 1. The molecule has 0 spiro atoms. The van der Waals surface area contributed by atoms with Gasteiger partial charge >= 0.3 is 0 Å². The Hall–Kier alpha value is -2.14. The number of nitrogens with zero attached hydrogens (tertiary/aromatic N) is 3. The largest absolute Gasteiger partial charge is 0.340 e. The number of amides is 2. The van der Waals surface area contributed by atoms with Crippen LogP contribution in [0.3, 0.4) is 0 Å². The number of carbonyl (C=O) groups is 2. The van der Waals surface area contributed by atoms with Crippen LogP contribution in [-0.4, -0.2) is 72.3 Å². The van der Waals surface area contributed by atoms with E-state index in [9.17, 15) is 9.59 Å². The average molecular weight is 438 g/mol. The van der Waals surface area contributed by atoms with Crippen LogP contribution >= 0.6 is 0 Å². The molecule has 2 bridgehead atoms. The summed E-state index contributed by atoms with van der Waals surface area (Å²) < 4.78 is 0. The third kappa shape index (κ3) is 4.93. The standard InChI is InChI=1S/C27H39N3O2/c1-4-25(31)30(20-22-10-11-23-19-24(22)27(23,2)3)17-14-28-12-15-29(16-13-28)26(32)18-21-8-6-5-7-9-21/h5-10,23-24H,4,11-20H2,1-3H3. The summed E-state index contributed by atoms with van der Waals surface area (Å²) in [7, 11) is 0. The van der Waals surface area contributed by atoms with Crippen molar-refractivity contribution in [3.05, 3.63) is 47.5 Å². The molecule has 5 heteroatoms.